The number of hydrogen-bond acceptors (Lipinski definition) is 3. The second-order valence-electron chi connectivity index (χ2n) is 5.82. The maximum absolute atomic E-state index is 13.9. The Kier molecular flexibility index (Phi) is 7.67. The summed E-state index contributed by atoms with van der Waals surface area (Å²) in [6, 6.07) is 7.29. The van der Waals surface area contributed by atoms with E-state index in [1.54, 1.807) is 6.26 Å². The molecule has 1 N–H and O–H groups in total. The minimum atomic E-state index is -0.424. The molecule has 0 aliphatic carbocycles. The Bertz CT molecular complexity index is 716. The lowest BCUT2D eigenvalue weighted by molar-refractivity contribution is 0.369. The molecule has 0 amide bonds. The van der Waals surface area contributed by atoms with Crippen LogP contribution in [-0.2, 0) is 6.54 Å². The van der Waals surface area contributed by atoms with E-state index < -0.39 is 11.6 Å². The average Bonchev–Trinajstić information content (AvgIpc) is 3.14. The molecule has 0 radical (unpaired) electrons. The highest BCUT2D eigenvalue weighted by Crippen LogP contribution is 2.22. The van der Waals surface area contributed by atoms with Crippen molar-refractivity contribution in [1.82, 2.24) is 10.2 Å². The van der Waals surface area contributed by atoms with Crippen molar-refractivity contribution in [3.05, 3.63) is 54.0 Å². The zero-order valence-corrected chi connectivity index (χ0v) is 17.0. The highest BCUT2D eigenvalue weighted by atomic mass is 127. The van der Waals surface area contributed by atoms with Crippen LogP contribution in [0.1, 0.15) is 12.7 Å². The molecule has 8 heteroatoms. The van der Waals surface area contributed by atoms with Gasteiger partial charge in [-0.15, -0.1) is 24.0 Å². The number of nitrogens with zero attached hydrogens (tertiary/aromatic N) is 3. The summed E-state index contributed by atoms with van der Waals surface area (Å²) >= 11 is 0. The third-order valence-corrected chi connectivity index (χ3v) is 4.13. The number of nitrogens with one attached hydrogen (secondary N) is 1. The number of furan rings is 1. The first-order valence-electron chi connectivity index (χ1n) is 8.43. The third kappa shape index (κ3) is 5.09. The van der Waals surface area contributed by atoms with Crippen molar-refractivity contribution in [2.75, 3.05) is 37.6 Å². The molecule has 142 valence electrons. The monoisotopic (exact) mass is 476 g/mol. The Balaban J connectivity index is 0.00000243. The predicted molar refractivity (Wildman–Crippen MR) is 109 cm³/mol. The molecule has 1 aliphatic heterocycles. The Morgan fingerprint density at radius 3 is 2.62 bits per heavy atom. The van der Waals surface area contributed by atoms with Crippen molar-refractivity contribution in [2.24, 2.45) is 4.99 Å². The molecule has 0 atom stereocenters. The fourth-order valence-electron chi connectivity index (χ4n) is 2.87. The number of halogens is 3. The molecule has 26 heavy (non-hydrogen) atoms. The van der Waals surface area contributed by atoms with E-state index >= 15 is 0 Å². The van der Waals surface area contributed by atoms with Gasteiger partial charge in [-0.05, 0) is 31.2 Å². The van der Waals surface area contributed by atoms with Crippen LogP contribution in [0.25, 0.3) is 0 Å². The topological polar surface area (TPSA) is 44.0 Å². The van der Waals surface area contributed by atoms with Gasteiger partial charge in [0.1, 0.15) is 23.9 Å². The molecule has 0 saturated carbocycles. The van der Waals surface area contributed by atoms with Gasteiger partial charge in [0.15, 0.2) is 5.96 Å². The molecule has 1 aliphatic rings. The van der Waals surface area contributed by atoms with Crippen LogP contribution in [0.2, 0.25) is 0 Å². The molecule has 2 heterocycles. The van der Waals surface area contributed by atoms with Crippen LogP contribution in [-0.4, -0.2) is 43.6 Å². The summed E-state index contributed by atoms with van der Waals surface area (Å²) in [5.74, 6) is 0.787. The zero-order valence-electron chi connectivity index (χ0n) is 14.6. The van der Waals surface area contributed by atoms with Gasteiger partial charge in [0.05, 0.1) is 12.0 Å². The van der Waals surface area contributed by atoms with E-state index in [-0.39, 0.29) is 24.0 Å². The molecular formula is C18H23F2IN4O. The number of anilines is 1. The van der Waals surface area contributed by atoms with Gasteiger partial charge in [-0.25, -0.2) is 13.8 Å². The van der Waals surface area contributed by atoms with Crippen molar-refractivity contribution in [1.29, 1.82) is 0 Å². The fraction of sp³-hybridized carbons (Fsp3) is 0.389. The van der Waals surface area contributed by atoms with E-state index in [2.05, 4.69) is 15.2 Å². The first-order chi connectivity index (χ1) is 12.2. The molecule has 1 fully saturated rings. The molecule has 0 spiro atoms. The molecule has 0 bridgehead atoms. The molecule has 1 aromatic heterocycles. The lowest BCUT2D eigenvalue weighted by atomic mass is 10.2. The van der Waals surface area contributed by atoms with Crippen LogP contribution in [0, 0.1) is 11.6 Å². The van der Waals surface area contributed by atoms with Gasteiger partial charge < -0.3 is 19.5 Å². The minimum Gasteiger partial charge on any atom is -0.467 e. The first-order valence-corrected chi connectivity index (χ1v) is 8.43. The molecule has 0 unspecified atom stereocenters. The number of aliphatic imine (C=N–C) groups is 1. The number of piperazine rings is 1. The lowest BCUT2D eigenvalue weighted by Crippen LogP contribution is -2.52. The summed E-state index contributed by atoms with van der Waals surface area (Å²) in [7, 11) is 0. The highest BCUT2D eigenvalue weighted by molar-refractivity contribution is 14.0. The van der Waals surface area contributed by atoms with Crippen LogP contribution in [0.5, 0.6) is 0 Å². The van der Waals surface area contributed by atoms with Crippen LogP contribution in [0.15, 0.2) is 46.0 Å². The third-order valence-electron chi connectivity index (χ3n) is 4.13. The van der Waals surface area contributed by atoms with E-state index in [0.717, 1.165) is 24.3 Å². The van der Waals surface area contributed by atoms with Gasteiger partial charge in [-0.3, -0.25) is 0 Å². The van der Waals surface area contributed by atoms with Crippen molar-refractivity contribution in [3.8, 4) is 0 Å². The summed E-state index contributed by atoms with van der Waals surface area (Å²) in [4.78, 5) is 8.59. The maximum atomic E-state index is 13.9. The fourth-order valence-corrected chi connectivity index (χ4v) is 2.87. The van der Waals surface area contributed by atoms with Gasteiger partial charge in [-0.2, -0.15) is 0 Å². The standard InChI is InChI=1S/C18H22F2N4O.HI/c1-2-21-18(22-13-15-4-3-11-25-15)24-9-7-23(8-10-24)17-12-14(19)5-6-16(17)20;/h3-6,11-12H,2,7-10,13H2,1H3,(H,21,22);1H. The molecular weight excluding hydrogens is 453 g/mol. The van der Waals surface area contributed by atoms with Crippen molar-refractivity contribution < 1.29 is 13.2 Å². The maximum Gasteiger partial charge on any atom is 0.194 e. The van der Waals surface area contributed by atoms with Gasteiger partial charge in [-0.1, -0.05) is 0 Å². The summed E-state index contributed by atoms with van der Waals surface area (Å²) in [6.45, 7) is 5.81. The van der Waals surface area contributed by atoms with Crippen LogP contribution < -0.4 is 10.2 Å². The zero-order chi connectivity index (χ0) is 17.6. The van der Waals surface area contributed by atoms with Crippen LogP contribution in [0.3, 0.4) is 0 Å². The number of hydrogen-bond donors (Lipinski definition) is 1. The van der Waals surface area contributed by atoms with Gasteiger partial charge >= 0.3 is 0 Å². The van der Waals surface area contributed by atoms with Crippen LogP contribution in [0.4, 0.5) is 14.5 Å². The van der Waals surface area contributed by atoms with Crippen LogP contribution >= 0.6 is 24.0 Å². The highest BCUT2D eigenvalue weighted by Gasteiger charge is 2.22. The Morgan fingerprint density at radius 2 is 1.96 bits per heavy atom. The Morgan fingerprint density at radius 1 is 1.19 bits per heavy atom. The van der Waals surface area contributed by atoms with E-state index in [1.165, 1.54) is 12.1 Å². The predicted octanol–water partition coefficient (Wildman–Crippen LogP) is 3.46. The summed E-state index contributed by atoms with van der Waals surface area (Å²) in [5, 5.41) is 3.27. The van der Waals surface area contributed by atoms with E-state index in [9.17, 15) is 8.78 Å². The Hall–Kier alpha value is -1.84. The molecule has 2 aromatic rings. The van der Waals surface area contributed by atoms with Crippen molar-refractivity contribution in [2.45, 2.75) is 13.5 Å². The molecule has 3 rings (SSSR count). The number of guanidine groups is 1. The van der Waals surface area contributed by atoms with Crippen molar-refractivity contribution in [3.63, 3.8) is 0 Å². The Labute approximate surface area is 169 Å². The average molecular weight is 476 g/mol. The number of benzene rings is 1. The van der Waals surface area contributed by atoms with Crippen molar-refractivity contribution >= 4 is 35.6 Å². The molecule has 1 aromatic carbocycles. The minimum absolute atomic E-state index is 0. The smallest absolute Gasteiger partial charge is 0.194 e. The van der Waals surface area contributed by atoms with E-state index in [4.69, 9.17) is 4.42 Å². The SMILES string of the molecule is CCNC(=NCc1ccco1)N1CCN(c2cc(F)ccc2F)CC1.I. The lowest BCUT2D eigenvalue weighted by Gasteiger charge is -2.37. The van der Waals surface area contributed by atoms with Gasteiger partial charge in [0.25, 0.3) is 0 Å². The van der Waals surface area contributed by atoms with Gasteiger partial charge in [0, 0.05) is 38.8 Å². The van der Waals surface area contributed by atoms with Gasteiger partial charge in [0.2, 0.25) is 0 Å². The summed E-state index contributed by atoms with van der Waals surface area (Å²) in [5.41, 5.74) is 0.317. The van der Waals surface area contributed by atoms with E-state index in [1.807, 2.05) is 24.0 Å². The molecule has 5 nitrogen and oxygen atoms in total. The normalized spacial score (nSPS) is 15.0. The number of rotatable bonds is 4. The quantitative estimate of drug-likeness (QED) is 0.417. The van der Waals surface area contributed by atoms with E-state index in [0.29, 0.717) is 38.4 Å². The largest absolute Gasteiger partial charge is 0.467 e. The second kappa shape index (κ2) is 9.75. The second-order valence-corrected chi connectivity index (χ2v) is 5.82. The first kappa shape index (κ1) is 20.5. The summed E-state index contributed by atoms with van der Waals surface area (Å²) < 4.78 is 32.7. The summed E-state index contributed by atoms with van der Waals surface area (Å²) in [6.07, 6.45) is 1.63. The molecule has 1 saturated heterocycles.